The van der Waals surface area contributed by atoms with Crippen LogP contribution in [0.1, 0.15) is 87.9 Å². The molecule has 1 aromatic rings. The van der Waals surface area contributed by atoms with E-state index in [9.17, 15) is 34.8 Å². The molecule has 1 aromatic carbocycles. The molecule has 1 aliphatic rings. The van der Waals surface area contributed by atoms with Gasteiger partial charge >= 0.3 is 0 Å². The second-order valence-electron chi connectivity index (χ2n) is 13.1. The molecule has 49 heavy (non-hydrogen) atoms. The highest BCUT2D eigenvalue weighted by Gasteiger charge is 2.30. The van der Waals surface area contributed by atoms with E-state index >= 15 is 0 Å². The van der Waals surface area contributed by atoms with Crippen LogP contribution >= 0.6 is 11.6 Å². The maximum absolute atomic E-state index is 12.8. The van der Waals surface area contributed by atoms with E-state index in [1.165, 1.54) is 13.2 Å². The molecule has 10 N–H and O–H groups in total. The quantitative estimate of drug-likeness (QED) is 0.0572. The van der Waals surface area contributed by atoms with Crippen molar-refractivity contribution in [3.8, 4) is 5.75 Å². The maximum atomic E-state index is 12.8. The summed E-state index contributed by atoms with van der Waals surface area (Å²) in [5.41, 5.74) is 6.56. The van der Waals surface area contributed by atoms with E-state index in [0.29, 0.717) is 47.3 Å². The Balaban J connectivity index is 1.47. The Bertz CT molecular complexity index is 1160. The Morgan fingerprint density at radius 1 is 0.939 bits per heavy atom. The molecule has 5 atom stereocenters. The summed E-state index contributed by atoms with van der Waals surface area (Å²) in [7, 11) is 1.49. The van der Waals surface area contributed by atoms with Crippen molar-refractivity contribution in [3.05, 3.63) is 22.7 Å². The fourth-order valence-corrected chi connectivity index (χ4v) is 5.82. The molecule has 0 saturated carbocycles. The number of piperidine rings is 1. The van der Waals surface area contributed by atoms with Crippen LogP contribution in [0.4, 0.5) is 5.69 Å². The highest BCUT2D eigenvalue weighted by Crippen LogP contribution is 2.29. The van der Waals surface area contributed by atoms with Crippen LogP contribution in [0.2, 0.25) is 5.02 Å². The first-order valence-electron chi connectivity index (χ1n) is 17.4. The number of hydrogen-bond donors (Lipinski definition) is 9. The molecule has 280 valence electrons. The molecule has 1 saturated heterocycles. The highest BCUT2D eigenvalue weighted by atomic mass is 35.5. The first-order valence-corrected chi connectivity index (χ1v) is 17.8. The lowest BCUT2D eigenvalue weighted by Gasteiger charge is -2.33. The molecule has 2 rings (SSSR count). The van der Waals surface area contributed by atoms with Gasteiger partial charge in [-0.1, -0.05) is 37.8 Å². The number of amides is 3. The number of carbonyl (C=O) groups is 3. The third-order valence-corrected chi connectivity index (χ3v) is 9.35. The second-order valence-corrected chi connectivity index (χ2v) is 13.5. The summed E-state index contributed by atoms with van der Waals surface area (Å²) in [6, 6.07) is 3.17. The van der Waals surface area contributed by atoms with Crippen molar-refractivity contribution in [2.24, 2.45) is 5.92 Å². The number of carbonyl (C=O) groups excluding carboxylic acids is 3. The van der Waals surface area contributed by atoms with Crippen LogP contribution < -0.4 is 26.4 Å². The Kier molecular flexibility index (Phi) is 19.8. The monoisotopic (exact) mass is 715 g/mol. The van der Waals surface area contributed by atoms with E-state index in [2.05, 4.69) is 27.8 Å². The van der Waals surface area contributed by atoms with Crippen LogP contribution in [0.25, 0.3) is 0 Å². The lowest BCUT2D eigenvalue weighted by Crippen LogP contribution is -2.49. The molecule has 0 aromatic heterocycles. The molecule has 14 nitrogen and oxygen atoms in total. The minimum Gasteiger partial charge on any atom is -0.496 e. The van der Waals surface area contributed by atoms with Gasteiger partial charge in [0, 0.05) is 51.1 Å². The lowest BCUT2D eigenvalue weighted by molar-refractivity contribution is -0.126. The van der Waals surface area contributed by atoms with Gasteiger partial charge in [-0.15, -0.1) is 0 Å². The van der Waals surface area contributed by atoms with Crippen molar-refractivity contribution < 1.29 is 44.7 Å². The van der Waals surface area contributed by atoms with Crippen LogP contribution in [0, 0.1) is 5.92 Å². The van der Waals surface area contributed by atoms with Gasteiger partial charge in [-0.2, -0.15) is 0 Å². The Labute approximate surface area is 294 Å². The van der Waals surface area contributed by atoms with Gasteiger partial charge in [-0.05, 0) is 57.1 Å². The van der Waals surface area contributed by atoms with Crippen molar-refractivity contribution in [1.29, 1.82) is 0 Å². The predicted molar refractivity (Wildman–Crippen MR) is 187 cm³/mol. The zero-order valence-electron chi connectivity index (χ0n) is 28.9. The standard InChI is InChI=1S/C34H58ClN5O9/c1-22(11-15-40-16-12-23(13-17-40)39-34(48)24-18-25(35)26(36)19-29(24)49-2)9-10-31(45)37-14-7-5-3-4-6-8-30(44)38-20-27(42)32(46)33(47)28(43)21-41/h18-19,22-23,27-28,32-33,41-43,46-47H,3-17,20-21,36H2,1-2H3,(H,37,45)(H,38,44)(H,39,48)/t22?,27-,28+,32+,33+/m0/s1. The van der Waals surface area contributed by atoms with E-state index in [1.807, 2.05) is 0 Å². The Hall–Kier alpha value is -2.72. The number of nitrogen functional groups attached to an aromatic ring is 1. The topological polar surface area (TPSA) is 227 Å². The molecule has 0 bridgehead atoms. The molecule has 0 spiro atoms. The maximum Gasteiger partial charge on any atom is 0.255 e. The molecule has 1 heterocycles. The Morgan fingerprint density at radius 3 is 2.24 bits per heavy atom. The third kappa shape index (κ3) is 15.8. The fourth-order valence-electron chi connectivity index (χ4n) is 5.65. The number of likely N-dealkylation sites (tertiary alicyclic amines) is 1. The van der Waals surface area contributed by atoms with Crippen LogP contribution in [0.15, 0.2) is 12.1 Å². The van der Waals surface area contributed by atoms with Gasteiger partial charge in [-0.25, -0.2) is 0 Å². The number of anilines is 1. The molecule has 3 amide bonds. The second kappa shape index (κ2) is 22.9. The van der Waals surface area contributed by atoms with Gasteiger partial charge in [-0.3, -0.25) is 14.4 Å². The molecule has 0 radical (unpaired) electrons. The molecular formula is C34H58ClN5O9. The number of halogens is 1. The van der Waals surface area contributed by atoms with Gasteiger partial charge < -0.3 is 56.9 Å². The number of nitrogens with two attached hydrogens (primary N) is 1. The SMILES string of the molecule is COc1cc(N)c(Cl)cc1C(=O)NC1CCN(CCC(C)CCC(=O)NCCCCCCCC(=O)NC[C@H](O)[C@@H](O)[C@H](O)[C@H](O)CO)CC1. The number of aliphatic hydroxyl groups excluding tert-OH is 5. The number of ether oxygens (including phenoxy) is 1. The average Bonchev–Trinajstić information content (AvgIpc) is 3.10. The zero-order valence-corrected chi connectivity index (χ0v) is 29.7. The highest BCUT2D eigenvalue weighted by molar-refractivity contribution is 6.33. The number of aliphatic hydroxyl groups is 5. The number of nitrogens with zero attached hydrogens (tertiary/aromatic N) is 1. The molecule has 1 aliphatic heterocycles. The van der Waals surface area contributed by atoms with Gasteiger partial charge in [0.1, 0.15) is 24.1 Å². The summed E-state index contributed by atoms with van der Waals surface area (Å²) in [6.07, 6.45) is 1.99. The van der Waals surface area contributed by atoms with E-state index in [1.54, 1.807) is 6.07 Å². The predicted octanol–water partition coefficient (Wildman–Crippen LogP) is 0.940. The van der Waals surface area contributed by atoms with Crippen LogP contribution in [0.3, 0.4) is 0 Å². The first-order chi connectivity index (χ1) is 23.4. The number of benzene rings is 1. The number of methoxy groups -OCH3 is 1. The summed E-state index contributed by atoms with van der Waals surface area (Å²) in [5.74, 6) is 0.356. The van der Waals surface area contributed by atoms with Crippen LogP contribution in [0.5, 0.6) is 5.75 Å². The number of rotatable bonds is 23. The van der Waals surface area contributed by atoms with Crippen molar-refractivity contribution in [2.75, 3.05) is 52.2 Å². The molecule has 0 aliphatic carbocycles. The van der Waals surface area contributed by atoms with Gasteiger partial charge in [0.2, 0.25) is 11.8 Å². The minimum atomic E-state index is -1.73. The molecular weight excluding hydrogens is 658 g/mol. The van der Waals surface area contributed by atoms with Crippen LogP contribution in [-0.4, -0.2) is 125 Å². The zero-order chi connectivity index (χ0) is 36.3. The Morgan fingerprint density at radius 2 is 1.57 bits per heavy atom. The number of hydrogen-bond acceptors (Lipinski definition) is 11. The van der Waals surface area contributed by atoms with Crippen molar-refractivity contribution in [3.63, 3.8) is 0 Å². The summed E-state index contributed by atoms with van der Waals surface area (Å²) in [4.78, 5) is 39.5. The number of nitrogens with one attached hydrogen (secondary N) is 3. The van der Waals surface area contributed by atoms with E-state index in [0.717, 1.165) is 71.0 Å². The smallest absolute Gasteiger partial charge is 0.255 e. The normalized spacial score (nSPS) is 17.1. The third-order valence-electron chi connectivity index (χ3n) is 9.03. The lowest BCUT2D eigenvalue weighted by atomic mass is 9.99. The van der Waals surface area contributed by atoms with E-state index in [4.69, 9.17) is 27.2 Å². The summed E-state index contributed by atoms with van der Waals surface area (Å²) in [5, 5.41) is 56.3. The van der Waals surface area contributed by atoms with Gasteiger partial charge in [0.15, 0.2) is 0 Å². The van der Waals surface area contributed by atoms with Crippen molar-refractivity contribution >= 4 is 35.0 Å². The number of unbranched alkanes of at least 4 members (excludes halogenated alkanes) is 4. The fraction of sp³-hybridized carbons (Fsp3) is 0.735. The van der Waals surface area contributed by atoms with Gasteiger partial charge in [0.25, 0.3) is 5.91 Å². The first kappa shape index (κ1) is 42.4. The van der Waals surface area contributed by atoms with Crippen molar-refractivity contribution in [2.45, 2.75) is 108 Å². The van der Waals surface area contributed by atoms with Crippen LogP contribution in [-0.2, 0) is 9.59 Å². The minimum absolute atomic E-state index is 0.0600. The average molecular weight is 716 g/mol. The van der Waals surface area contributed by atoms with E-state index in [-0.39, 0.29) is 36.7 Å². The molecule has 1 fully saturated rings. The van der Waals surface area contributed by atoms with Crippen molar-refractivity contribution in [1.82, 2.24) is 20.9 Å². The van der Waals surface area contributed by atoms with E-state index < -0.39 is 31.0 Å². The summed E-state index contributed by atoms with van der Waals surface area (Å²) < 4.78 is 5.30. The largest absolute Gasteiger partial charge is 0.496 e. The molecule has 15 heteroatoms. The summed E-state index contributed by atoms with van der Waals surface area (Å²) >= 11 is 6.11. The van der Waals surface area contributed by atoms with Gasteiger partial charge in [0.05, 0.1) is 36.1 Å². The summed E-state index contributed by atoms with van der Waals surface area (Å²) in [6.45, 7) is 4.49. The molecule has 1 unspecified atom stereocenters.